The van der Waals surface area contributed by atoms with Gasteiger partial charge in [0.2, 0.25) is 5.91 Å². The van der Waals surface area contributed by atoms with Crippen LogP contribution in [-0.4, -0.2) is 73.0 Å². The van der Waals surface area contributed by atoms with Crippen molar-refractivity contribution in [1.82, 2.24) is 15.0 Å². The molecule has 1 saturated heterocycles. The van der Waals surface area contributed by atoms with Crippen LogP contribution in [0, 0.1) is 6.92 Å². The smallest absolute Gasteiger partial charge is 0.248 e. The number of rotatable bonds is 6. The van der Waals surface area contributed by atoms with E-state index in [1.54, 1.807) is 20.3 Å². The molecule has 1 atom stereocenters. The zero-order valence-electron chi connectivity index (χ0n) is 14.7. The Bertz CT molecular complexity index is 527. The van der Waals surface area contributed by atoms with Gasteiger partial charge in [-0.1, -0.05) is 5.16 Å². The number of amides is 1. The van der Waals surface area contributed by atoms with Crippen molar-refractivity contribution in [1.29, 1.82) is 0 Å². The van der Waals surface area contributed by atoms with Gasteiger partial charge < -0.3 is 18.9 Å². The van der Waals surface area contributed by atoms with Gasteiger partial charge in [-0.05, 0) is 20.8 Å². The van der Waals surface area contributed by atoms with Crippen LogP contribution in [0.3, 0.4) is 0 Å². The van der Waals surface area contributed by atoms with Crippen LogP contribution < -0.4 is 0 Å². The van der Waals surface area contributed by atoms with Gasteiger partial charge in [-0.2, -0.15) is 0 Å². The minimum Gasteiger partial charge on any atom is -0.369 e. The van der Waals surface area contributed by atoms with Crippen molar-refractivity contribution in [2.45, 2.75) is 39.0 Å². The molecule has 1 fully saturated rings. The summed E-state index contributed by atoms with van der Waals surface area (Å²) >= 11 is 0. The highest BCUT2D eigenvalue weighted by molar-refractivity contribution is 5.76. The molecule has 2 rings (SSSR count). The lowest BCUT2D eigenvalue weighted by atomic mass is 10.0. The largest absolute Gasteiger partial charge is 0.369 e. The second kappa shape index (κ2) is 7.42. The number of aromatic nitrogens is 1. The molecule has 1 aromatic rings. The van der Waals surface area contributed by atoms with E-state index in [9.17, 15) is 4.79 Å². The van der Waals surface area contributed by atoms with Gasteiger partial charge in [-0.3, -0.25) is 9.69 Å². The molecule has 1 amide bonds. The second-order valence-corrected chi connectivity index (χ2v) is 6.88. The summed E-state index contributed by atoms with van der Waals surface area (Å²) in [6, 6.07) is 0. The first-order valence-electron chi connectivity index (χ1n) is 7.85. The predicted molar refractivity (Wildman–Crippen MR) is 85.0 cm³/mol. The standard InChI is InChI=1S/C16H27N3O4/c1-12-13(6-17-23-12)7-19-8-14(22-16(2,3)11-19)9-21-10-15(20)18(4)5/h6,14H,7-11H2,1-5H3. The number of hydrogen-bond donors (Lipinski definition) is 0. The molecule has 23 heavy (non-hydrogen) atoms. The van der Waals surface area contributed by atoms with Gasteiger partial charge >= 0.3 is 0 Å². The summed E-state index contributed by atoms with van der Waals surface area (Å²) in [6.45, 7) is 8.89. The Balaban J connectivity index is 1.88. The third-order valence-electron chi connectivity index (χ3n) is 3.82. The summed E-state index contributed by atoms with van der Waals surface area (Å²) in [4.78, 5) is 15.4. The molecule has 7 nitrogen and oxygen atoms in total. The van der Waals surface area contributed by atoms with Crippen molar-refractivity contribution in [2.24, 2.45) is 0 Å². The van der Waals surface area contributed by atoms with Crippen molar-refractivity contribution >= 4 is 5.91 Å². The molecular formula is C16H27N3O4. The average Bonchev–Trinajstić information content (AvgIpc) is 2.82. The molecule has 0 N–H and O–H groups in total. The van der Waals surface area contributed by atoms with Crippen molar-refractivity contribution < 1.29 is 18.8 Å². The minimum atomic E-state index is -0.261. The maximum absolute atomic E-state index is 11.6. The number of ether oxygens (including phenoxy) is 2. The Morgan fingerprint density at radius 1 is 1.52 bits per heavy atom. The maximum atomic E-state index is 11.6. The quantitative estimate of drug-likeness (QED) is 0.779. The van der Waals surface area contributed by atoms with Crippen molar-refractivity contribution in [3.8, 4) is 0 Å². The van der Waals surface area contributed by atoms with Crippen LogP contribution in [0.15, 0.2) is 10.7 Å². The monoisotopic (exact) mass is 325 g/mol. The predicted octanol–water partition coefficient (Wildman–Crippen LogP) is 1.07. The van der Waals surface area contributed by atoms with E-state index in [0.717, 1.165) is 31.0 Å². The molecule has 1 aliphatic heterocycles. The first-order valence-corrected chi connectivity index (χ1v) is 7.85. The Morgan fingerprint density at radius 3 is 2.87 bits per heavy atom. The molecule has 0 spiro atoms. The number of morpholine rings is 1. The molecule has 1 aromatic heterocycles. The lowest BCUT2D eigenvalue weighted by Gasteiger charge is -2.42. The third-order valence-corrected chi connectivity index (χ3v) is 3.82. The van der Waals surface area contributed by atoms with Gasteiger partial charge in [0.1, 0.15) is 12.4 Å². The summed E-state index contributed by atoms with van der Waals surface area (Å²) in [7, 11) is 3.43. The van der Waals surface area contributed by atoms with E-state index in [1.807, 2.05) is 6.92 Å². The topological polar surface area (TPSA) is 68.0 Å². The van der Waals surface area contributed by atoms with Crippen molar-refractivity contribution in [3.63, 3.8) is 0 Å². The van der Waals surface area contributed by atoms with E-state index in [1.165, 1.54) is 4.90 Å². The SMILES string of the molecule is Cc1oncc1CN1CC(COCC(=O)N(C)C)OC(C)(C)C1. The van der Waals surface area contributed by atoms with Crippen molar-refractivity contribution in [2.75, 3.05) is 40.4 Å². The molecular weight excluding hydrogens is 298 g/mol. The number of carbonyl (C=O) groups excluding carboxylic acids is 1. The average molecular weight is 325 g/mol. The summed E-state index contributed by atoms with van der Waals surface area (Å²) in [5, 5.41) is 3.83. The zero-order valence-corrected chi connectivity index (χ0v) is 14.7. The van der Waals surface area contributed by atoms with Crippen LogP contribution in [0.5, 0.6) is 0 Å². The Labute approximate surface area is 137 Å². The number of likely N-dealkylation sites (N-methyl/N-ethyl adjacent to an activating group) is 1. The molecule has 1 unspecified atom stereocenters. The van der Waals surface area contributed by atoms with E-state index in [0.29, 0.717) is 6.61 Å². The maximum Gasteiger partial charge on any atom is 0.248 e. The first kappa shape index (κ1) is 17.9. The molecule has 0 radical (unpaired) electrons. The fourth-order valence-corrected chi connectivity index (χ4v) is 2.74. The van der Waals surface area contributed by atoms with Gasteiger partial charge in [0, 0.05) is 39.3 Å². The van der Waals surface area contributed by atoms with E-state index in [4.69, 9.17) is 14.0 Å². The Hall–Kier alpha value is -1.44. The lowest BCUT2D eigenvalue weighted by molar-refractivity contribution is -0.161. The van der Waals surface area contributed by atoms with Gasteiger partial charge in [0.25, 0.3) is 0 Å². The fraction of sp³-hybridized carbons (Fsp3) is 0.750. The minimum absolute atomic E-state index is 0.0444. The molecule has 7 heteroatoms. The number of carbonyl (C=O) groups is 1. The highest BCUT2D eigenvalue weighted by Gasteiger charge is 2.33. The zero-order chi connectivity index (χ0) is 17.0. The van der Waals surface area contributed by atoms with Gasteiger partial charge in [0.05, 0.1) is 24.5 Å². The van der Waals surface area contributed by atoms with Crippen LogP contribution in [0.25, 0.3) is 0 Å². The summed E-state index contributed by atoms with van der Waals surface area (Å²) in [5.41, 5.74) is 0.827. The summed E-state index contributed by atoms with van der Waals surface area (Å²) in [5.74, 6) is 0.802. The highest BCUT2D eigenvalue weighted by Crippen LogP contribution is 2.23. The van der Waals surface area contributed by atoms with E-state index in [2.05, 4.69) is 23.9 Å². The second-order valence-electron chi connectivity index (χ2n) is 6.88. The van der Waals surface area contributed by atoms with Gasteiger partial charge in [0.15, 0.2) is 0 Å². The van der Waals surface area contributed by atoms with E-state index in [-0.39, 0.29) is 24.2 Å². The Morgan fingerprint density at radius 2 is 2.26 bits per heavy atom. The summed E-state index contributed by atoms with van der Waals surface area (Å²) < 4.78 is 16.7. The molecule has 0 aromatic carbocycles. The molecule has 0 saturated carbocycles. The molecule has 2 heterocycles. The van der Waals surface area contributed by atoms with Crippen LogP contribution in [0.2, 0.25) is 0 Å². The molecule has 0 bridgehead atoms. The summed E-state index contributed by atoms with van der Waals surface area (Å²) in [6.07, 6.45) is 1.70. The lowest BCUT2D eigenvalue weighted by Crippen LogP contribution is -2.53. The molecule has 130 valence electrons. The fourth-order valence-electron chi connectivity index (χ4n) is 2.74. The Kier molecular flexibility index (Phi) is 5.78. The normalized spacial score (nSPS) is 21.3. The third kappa shape index (κ3) is 5.30. The molecule has 1 aliphatic rings. The highest BCUT2D eigenvalue weighted by atomic mass is 16.6. The van der Waals surface area contributed by atoms with Crippen LogP contribution in [-0.2, 0) is 20.8 Å². The van der Waals surface area contributed by atoms with E-state index >= 15 is 0 Å². The van der Waals surface area contributed by atoms with Crippen LogP contribution in [0.4, 0.5) is 0 Å². The number of hydrogen-bond acceptors (Lipinski definition) is 6. The first-order chi connectivity index (χ1) is 10.8. The van der Waals surface area contributed by atoms with Crippen LogP contribution >= 0.6 is 0 Å². The number of aryl methyl sites for hydroxylation is 1. The van der Waals surface area contributed by atoms with Gasteiger partial charge in [-0.25, -0.2) is 0 Å². The van der Waals surface area contributed by atoms with Crippen LogP contribution in [0.1, 0.15) is 25.2 Å². The van der Waals surface area contributed by atoms with E-state index < -0.39 is 0 Å². The van der Waals surface area contributed by atoms with Crippen molar-refractivity contribution in [3.05, 3.63) is 17.5 Å². The molecule has 0 aliphatic carbocycles. The number of nitrogens with zero attached hydrogens (tertiary/aromatic N) is 3. The van der Waals surface area contributed by atoms with Gasteiger partial charge in [-0.15, -0.1) is 0 Å².